The number of nitrogens with one attached hydrogen (secondary N) is 1. The van der Waals surface area contributed by atoms with E-state index in [2.05, 4.69) is 41.9 Å². The van der Waals surface area contributed by atoms with Crippen LogP contribution in [0.4, 0.5) is 0 Å². The van der Waals surface area contributed by atoms with Crippen LogP contribution in [0.25, 0.3) is 11.0 Å². The van der Waals surface area contributed by atoms with Crippen molar-refractivity contribution in [1.82, 2.24) is 14.9 Å². The molecule has 102 valence electrons. The second-order valence-corrected chi connectivity index (χ2v) is 5.20. The number of amides is 1. The number of hydrogen-bond donors (Lipinski definition) is 1. The predicted octanol–water partition coefficient (Wildman–Crippen LogP) is 2.37. The summed E-state index contributed by atoms with van der Waals surface area (Å²) in [6, 6.07) is 8.25. The van der Waals surface area contributed by atoms with E-state index < -0.39 is 0 Å². The summed E-state index contributed by atoms with van der Waals surface area (Å²) in [5, 5.41) is 2.69. The van der Waals surface area contributed by atoms with Crippen LogP contribution < -0.4 is 5.32 Å². The first-order valence-electron chi connectivity index (χ1n) is 6.83. The third kappa shape index (κ3) is 3.34. The maximum atomic E-state index is 10.2. The zero-order valence-electron chi connectivity index (χ0n) is 11.6. The number of aryl methyl sites for hydroxylation is 1. The van der Waals surface area contributed by atoms with E-state index in [4.69, 9.17) is 4.98 Å². The monoisotopic (exact) mass is 259 g/mol. The quantitative estimate of drug-likeness (QED) is 0.613. The lowest BCUT2D eigenvalue weighted by molar-refractivity contribution is -0.109. The highest BCUT2D eigenvalue weighted by atomic mass is 16.1. The molecule has 0 bridgehead atoms. The molecule has 0 spiro atoms. The molecular formula is C15H21N3O. The molecule has 1 N–H and O–H groups in total. The Morgan fingerprint density at radius 2 is 2.16 bits per heavy atom. The fourth-order valence-corrected chi connectivity index (χ4v) is 2.29. The Bertz CT molecular complexity index is 545. The first-order valence-corrected chi connectivity index (χ1v) is 6.83. The molecule has 0 radical (unpaired) electrons. The van der Waals surface area contributed by atoms with Crippen LogP contribution in [0.2, 0.25) is 0 Å². The SMILES string of the molecule is CC(C)Cn1c(CCCNC=O)nc2ccccc21. The van der Waals surface area contributed by atoms with Crippen LogP contribution in [0.15, 0.2) is 24.3 Å². The van der Waals surface area contributed by atoms with Crippen molar-refractivity contribution < 1.29 is 4.79 Å². The lowest BCUT2D eigenvalue weighted by atomic mass is 10.2. The smallest absolute Gasteiger partial charge is 0.207 e. The van der Waals surface area contributed by atoms with Gasteiger partial charge in [0, 0.05) is 19.5 Å². The maximum absolute atomic E-state index is 10.2. The Hall–Kier alpha value is -1.84. The van der Waals surface area contributed by atoms with E-state index in [1.54, 1.807) is 0 Å². The fourth-order valence-electron chi connectivity index (χ4n) is 2.29. The standard InChI is InChI=1S/C15H21N3O/c1-12(2)10-18-14-7-4-3-6-13(14)17-15(18)8-5-9-16-11-19/h3-4,6-7,11-12H,5,8-10H2,1-2H3,(H,16,19). The minimum absolute atomic E-state index is 0.587. The van der Waals surface area contributed by atoms with Gasteiger partial charge in [0.25, 0.3) is 0 Å². The Kier molecular flexibility index (Phi) is 4.55. The summed E-state index contributed by atoms with van der Waals surface area (Å²) in [6.45, 7) is 6.12. The number of rotatable bonds is 7. The van der Waals surface area contributed by atoms with Crippen LogP contribution in [-0.4, -0.2) is 22.5 Å². The molecule has 0 aliphatic rings. The lowest BCUT2D eigenvalue weighted by Gasteiger charge is -2.11. The molecule has 1 aromatic carbocycles. The zero-order valence-corrected chi connectivity index (χ0v) is 11.6. The van der Waals surface area contributed by atoms with Crippen LogP contribution in [0.5, 0.6) is 0 Å². The van der Waals surface area contributed by atoms with Crippen LogP contribution in [0, 0.1) is 5.92 Å². The Labute approximate surface area is 113 Å². The van der Waals surface area contributed by atoms with Gasteiger partial charge >= 0.3 is 0 Å². The normalized spacial score (nSPS) is 11.1. The van der Waals surface area contributed by atoms with Crippen molar-refractivity contribution in [2.45, 2.75) is 33.2 Å². The number of para-hydroxylation sites is 2. The molecule has 0 atom stereocenters. The van der Waals surface area contributed by atoms with Gasteiger partial charge in [0.1, 0.15) is 5.82 Å². The molecule has 0 fully saturated rings. The van der Waals surface area contributed by atoms with Crippen LogP contribution in [0.3, 0.4) is 0 Å². The highest BCUT2D eigenvalue weighted by Gasteiger charge is 2.10. The summed E-state index contributed by atoms with van der Waals surface area (Å²) in [4.78, 5) is 14.9. The van der Waals surface area contributed by atoms with Gasteiger partial charge in [-0.15, -0.1) is 0 Å². The van der Waals surface area contributed by atoms with Crippen molar-refractivity contribution in [2.24, 2.45) is 5.92 Å². The maximum Gasteiger partial charge on any atom is 0.207 e. The largest absolute Gasteiger partial charge is 0.359 e. The summed E-state index contributed by atoms with van der Waals surface area (Å²) < 4.78 is 2.31. The van der Waals surface area contributed by atoms with E-state index in [1.165, 1.54) is 5.52 Å². The molecule has 4 nitrogen and oxygen atoms in total. The van der Waals surface area contributed by atoms with E-state index in [9.17, 15) is 4.79 Å². The summed E-state index contributed by atoms with van der Waals surface area (Å²) in [7, 11) is 0. The minimum atomic E-state index is 0.587. The Morgan fingerprint density at radius 1 is 1.37 bits per heavy atom. The predicted molar refractivity (Wildman–Crippen MR) is 77.0 cm³/mol. The van der Waals surface area contributed by atoms with Crippen LogP contribution in [0.1, 0.15) is 26.1 Å². The van der Waals surface area contributed by atoms with Gasteiger partial charge in [0.2, 0.25) is 6.41 Å². The first kappa shape index (κ1) is 13.6. The number of carbonyl (C=O) groups excluding carboxylic acids is 1. The van der Waals surface area contributed by atoms with Gasteiger partial charge in [0.05, 0.1) is 11.0 Å². The number of nitrogens with zero attached hydrogens (tertiary/aromatic N) is 2. The molecule has 2 rings (SSSR count). The van der Waals surface area contributed by atoms with E-state index in [-0.39, 0.29) is 0 Å². The van der Waals surface area contributed by atoms with Crippen molar-refractivity contribution in [3.05, 3.63) is 30.1 Å². The average Bonchev–Trinajstić information content (AvgIpc) is 2.73. The molecule has 1 heterocycles. The topological polar surface area (TPSA) is 46.9 Å². The second-order valence-electron chi connectivity index (χ2n) is 5.20. The molecule has 1 amide bonds. The molecule has 4 heteroatoms. The Balaban J connectivity index is 2.22. The van der Waals surface area contributed by atoms with Crippen molar-refractivity contribution in [2.75, 3.05) is 6.54 Å². The highest BCUT2D eigenvalue weighted by molar-refractivity contribution is 5.75. The van der Waals surface area contributed by atoms with Gasteiger partial charge in [-0.3, -0.25) is 4.79 Å². The number of carbonyl (C=O) groups is 1. The fraction of sp³-hybridized carbons (Fsp3) is 0.467. The van der Waals surface area contributed by atoms with Gasteiger partial charge < -0.3 is 9.88 Å². The number of fused-ring (bicyclic) bond motifs is 1. The van der Waals surface area contributed by atoms with E-state index >= 15 is 0 Å². The molecule has 0 unspecified atom stereocenters. The molecule has 0 aliphatic heterocycles. The number of hydrogen-bond acceptors (Lipinski definition) is 2. The van der Waals surface area contributed by atoms with Crippen molar-refractivity contribution >= 4 is 17.4 Å². The Morgan fingerprint density at radius 3 is 2.89 bits per heavy atom. The van der Waals surface area contributed by atoms with Crippen molar-refractivity contribution in [3.8, 4) is 0 Å². The van der Waals surface area contributed by atoms with E-state index in [0.29, 0.717) is 12.5 Å². The minimum Gasteiger partial charge on any atom is -0.359 e. The molecule has 1 aromatic heterocycles. The molecule has 0 saturated heterocycles. The molecule has 2 aromatic rings. The van der Waals surface area contributed by atoms with Gasteiger partial charge in [-0.2, -0.15) is 0 Å². The highest BCUT2D eigenvalue weighted by Crippen LogP contribution is 2.18. The first-order chi connectivity index (χ1) is 9.22. The second kappa shape index (κ2) is 6.36. The van der Waals surface area contributed by atoms with Gasteiger partial charge in [-0.05, 0) is 24.5 Å². The van der Waals surface area contributed by atoms with Gasteiger partial charge in [-0.25, -0.2) is 4.98 Å². The number of benzene rings is 1. The van der Waals surface area contributed by atoms with Crippen molar-refractivity contribution in [1.29, 1.82) is 0 Å². The third-order valence-electron chi connectivity index (χ3n) is 3.09. The lowest BCUT2D eigenvalue weighted by Crippen LogP contribution is -2.15. The molecular weight excluding hydrogens is 238 g/mol. The zero-order chi connectivity index (χ0) is 13.7. The van der Waals surface area contributed by atoms with Crippen LogP contribution >= 0.6 is 0 Å². The summed E-state index contributed by atoms with van der Waals surface area (Å²) in [6.07, 6.45) is 2.56. The average molecular weight is 259 g/mol. The molecule has 19 heavy (non-hydrogen) atoms. The summed E-state index contributed by atoms with van der Waals surface area (Å²) >= 11 is 0. The summed E-state index contributed by atoms with van der Waals surface area (Å²) in [5.41, 5.74) is 2.26. The molecule has 0 saturated carbocycles. The van der Waals surface area contributed by atoms with Gasteiger partial charge in [0.15, 0.2) is 0 Å². The number of imidazole rings is 1. The van der Waals surface area contributed by atoms with Crippen molar-refractivity contribution in [3.63, 3.8) is 0 Å². The third-order valence-corrected chi connectivity index (χ3v) is 3.09. The summed E-state index contributed by atoms with van der Waals surface area (Å²) in [5.74, 6) is 1.70. The van der Waals surface area contributed by atoms with E-state index in [0.717, 1.165) is 37.1 Å². The molecule has 0 aliphatic carbocycles. The van der Waals surface area contributed by atoms with E-state index in [1.807, 2.05) is 6.07 Å². The van der Waals surface area contributed by atoms with Crippen LogP contribution in [-0.2, 0) is 17.8 Å². The van der Waals surface area contributed by atoms with Gasteiger partial charge in [-0.1, -0.05) is 26.0 Å². The number of aromatic nitrogens is 2.